The molecule has 5 nitrogen and oxygen atoms in total. The minimum atomic E-state index is -0.609. The van der Waals surface area contributed by atoms with E-state index in [-0.39, 0.29) is 0 Å². The Morgan fingerprint density at radius 3 is 2.28 bits per heavy atom. The van der Waals surface area contributed by atoms with Gasteiger partial charge in [-0.05, 0) is 69.5 Å². The van der Waals surface area contributed by atoms with Crippen molar-refractivity contribution in [1.29, 1.82) is 5.26 Å². The fourth-order valence-corrected chi connectivity index (χ4v) is 4.28. The van der Waals surface area contributed by atoms with Gasteiger partial charge in [0.1, 0.15) is 0 Å². The van der Waals surface area contributed by atoms with Crippen molar-refractivity contribution >= 4 is 40.1 Å². The molecule has 0 saturated carbocycles. The van der Waals surface area contributed by atoms with Gasteiger partial charge in [0.25, 0.3) is 0 Å². The van der Waals surface area contributed by atoms with Crippen LogP contribution in [0, 0.1) is 17.9 Å². The number of para-hydroxylation sites is 1. The average molecular weight is 419 g/mol. The second-order valence-corrected chi connectivity index (χ2v) is 9.14. The first-order chi connectivity index (χ1) is 15.3. The third-order valence-corrected chi connectivity index (χ3v) is 6.69. The highest BCUT2D eigenvalue weighted by molar-refractivity contribution is 6.63. The van der Waals surface area contributed by atoms with Gasteiger partial charge in [-0.1, -0.05) is 24.3 Å². The van der Waals surface area contributed by atoms with Gasteiger partial charge in [-0.3, -0.25) is 0 Å². The number of rotatable bonds is 2. The van der Waals surface area contributed by atoms with E-state index in [1.807, 2.05) is 76.2 Å². The van der Waals surface area contributed by atoms with Gasteiger partial charge >= 0.3 is 7.12 Å². The summed E-state index contributed by atoms with van der Waals surface area (Å²) < 4.78 is 14.9. The Kier molecular flexibility index (Phi) is 4.43. The van der Waals surface area contributed by atoms with Gasteiger partial charge in [0.15, 0.2) is 5.69 Å². The van der Waals surface area contributed by atoms with Gasteiger partial charge in [0.2, 0.25) is 0 Å². The maximum atomic E-state index is 9.57. The van der Waals surface area contributed by atoms with Crippen molar-refractivity contribution in [2.75, 3.05) is 0 Å². The van der Waals surface area contributed by atoms with E-state index in [0.717, 1.165) is 33.0 Å². The summed E-state index contributed by atoms with van der Waals surface area (Å²) in [5, 5.41) is 11.6. The Labute approximate surface area is 187 Å². The average Bonchev–Trinajstić information content (AvgIpc) is 3.22. The van der Waals surface area contributed by atoms with Crippen molar-refractivity contribution in [2.45, 2.75) is 38.9 Å². The lowest BCUT2D eigenvalue weighted by molar-refractivity contribution is 0.00578. The van der Waals surface area contributed by atoms with E-state index in [4.69, 9.17) is 15.9 Å². The molecule has 4 aromatic rings. The molecule has 0 unspecified atom stereocenters. The van der Waals surface area contributed by atoms with E-state index in [1.54, 1.807) is 0 Å². The molecule has 32 heavy (non-hydrogen) atoms. The summed E-state index contributed by atoms with van der Waals surface area (Å²) in [7, 11) is -0.609. The molecule has 1 aliphatic heterocycles. The summed E-state index contributed by atoms with van der Waals surface area (Å²) in [6.45, 7) is 15.5. The fraction of sp³-hybridized carbons (Fsp3) is 0.231. The number of hydrogen-bond acceptors (Lipinski definition) is 3. The van der Waals surface area contributed by atoms with Crippen LogP contribution in [0.15, 0.2) is 60.7 Å². The van der Waals surface area contributed by atoms with Gasteiger partial charge in [0, 0.05) is 16.5 Å². The predicted molar refractivity (Wildman–Crippen MR) is 127 cm³/mol. The van der Waals surface area contributed by atoms with E-state index in [1.165, 1.54) is 0 Å². The Morgan fingerprint density at radius 2 is 1.59 bits per heavy atom. The molecule has 6 heteroatoms. The molecule has 0 aliphatic carbocycles. The van der Waals surface area contributed by atoms with Crippen LogP contribution in [0.3, 0.4) is 0 Å². The van der Waals surface area contributed by atoms with Gasteiger partial charge in [-0.15, -0.1) is 0 Å². The molecule has 0 radical (unpaired) electrons. The quantitative estimate of drug-likeness (QED) is 0.318. The Hall–Kier alpha value is -3.58. The molecule has 1 aliphatic rings. The molecule has 3 aromatic carbocycles. The van der Waals surface area contributed by atoms with Crippen LogP contribution in [0.4, 0.5) is 5.69 Å². The highest BCUT2D eigenvalue weighted by Crippen LogP contribution is 2.38. The Morgan fingerprint density at radius 1 is 0.906 bits per heavy atom. The fourth-order valence-electron chi connectivity index (χ4n) is 4.28. The van der Waals surface area contributed by atoms with Gasteiger partial charge in [0.05, 0.1) is 40.4 Å². The molecule has 5 rings (SSSR count). The van der Waals surface area contributed by atoms with Crippen LogP contribution >= 0.6 is 0 Å². The summed E-state index contributed by atoms with van der Waals surface area (Å²) >= 11 is 0. The summed E-state index contributed by atoms with van der Waals surface area (Å²) in [5.41, 5.74) is 3.87. The number of aromatic nitrogens is 1. The van der Waals surface area contributed by atoms with Crippen LogP contribution in [0.25, 0.3) is 32.3 Å². The first-order valence-corrected chi connectivity index (χ1v) is 10.6. The summed E-state index contributed by atoms with van der Waals surface area (Å²) in [6, 6.07) is 21.8. The molecule has 0 bridgehead atoms. The van der Waals surface area contributed by atoms with Crippen molar-refractivity contribution in [3.8, 4) is 11.8 Å². The van der Waals surface area contributed by atoms with Crippen LogP contribution in [-0.2, 0) is 9.31 Å². The van der Waals surface area contributed by atoms with Crippen molar-refractivity contribution in [1.82, 2.24) is 4.57 Å². The lowest BCUT2D eigenvalue weighted by Crippen LogP contribution is -2.41. The highest BCUT2D eigenvalue weighted by atomic mass is 16.7. The predicted octanol–water partition coefficient (Wildman–Crippen LogP) is 5.51. The molecule has 2 heterocycles. The molecular weight excluding hydrogens is 397 g/mol. The maximum absolute atomic E-state index is 9.57. The summed E-state index contributed by atoms with van der Waals surface area (Å²) in [5.74, 6) is 0. The largest absolute Gasteiger partial charge is 0.497 e. The third-order valence-electron chi connectivity index (χ3n) is 6.69. The first-order valence-electron chi connectivity index (χ1n) is 10.6. The molecule has 1 saturated heterocycles. The number of benzene rings is 3. The Bertz CT molecular complexity index is 1450. The van der Waals surface area contributed by atoms with E-state index in [9.17, 15) is 5.26 Å². The highest BCUT2D eigenvalue weighted by Gasteiger charge is 2.52. The van der Waals surface area contributed by atoms with Crippen LogP contribution in [0.5, 0.6) is 0 Å². The first kappa shape index (κ1) is 20.3. The lowest BCUT2D eigenvalue weighted by atomic mass is 9.77. The van der Waals surface area contributed by atoms with E-state index < -0.39 is 18.3 Å². The van der Waals surface area contributed by atoms with Crippen molar-refractivity contribution in [3.63, 3.8) is 0 Å². The van der Waals surface area contributed by atoms with Crippen LogP contribution < -0.4 is 5.46 Å². The smallest absolute Gasteiger partial charge is 0.399 e. The second kappa shape index (κ2) is 6.97. The van der Waals surface area contributed by atoms with Gasteiger partial charge < -0.3 is 13.9 Å². The SMILES string of the molecule is [C-]#[N+]c1ccc2c(c1)c1ccccc1n2-c1ccc(C#N)cc1B1OC(C)(C)C(C)(C)O1. The number of nitriles is 1. The van der Waals surface area contributed by atoms with Crippen molar-refractivity contribution in [3.05, 3.63) is 77.6 Å². The topological polar surface area (TPSA) is 51.5 Å². The number of fused-ring (bicyclic) bond motifs is 3. The Balaban J connectivity index is 1.82. The monoisotopic (exact) mass is 419 g/mol. The molecule has 0 N–H and O–H groups in total. The zero-order chi connectivity index (χ0) is 22.7. The van der Waals surface area contributed by atoms with E-state index >= 15 is 0 Å². The van der Waals surface area contributed by atoms with Gasteiger partial charge in [-0.25, -0.2) is 4.85 Å². The van der Waals surface area contributed by atoms with Crippen molar-refractivity contribution < 1.29 is 9.31 Å². The molecule has 156 valence electrons. The molecule has 0 amide bonds. The zero-order valence-corrected chi connectivity index (χ0v) is 18.5. The molecule has 0 spiro atoms. The second-order valence-electron chi connectivity index (χ2n) is 9.14. The number of nitrogens with zero attached hydrogens (tertiary/aromatic N) is 3. The van der Waals surface area contributed by atoms with Crippen molar-refractivity contribution in [2.24, 2.45) is 0 Å². The van der Waals surface area contributed by atoms with E-state index in [0.29, 0.717) is 11.3 Å². The lowest BCUT2D eigenvalue weighted by Gasteiger charge is -2.32. The normalized spacial score (nSPS) is 16.9. The van der Waals surface area contributed by atoms with Crippen LogP contribution in [-0.4, -0.2) is 22.9 Å². The number of hydrogen-bond donors (Lipinski definition) is 0. The molecule has 1 aromatic heterocycles. The maximum Gasteiger partial charge on any atom is 0.497 e. The third kappa shape index (κ3) is 2.92. The molecule has 1 fully saturated rings. The zero-order valence-electron chi connectivity index (χ0n) is 18.5. The molecule has 0 atom stereocenters. The minimum Gasteiger partial charge on any atom is -0.399 e. The minimum absolute atomic E-state index is 0.497. The summed E-state index contributed by atoms with van der Waals surface area (Å²) in [6.07, 6.45) is 0. The van der Waals surface area contributed by atoms with E-state index in [2.05, 4.69) is 27.6 Å². The molecular formula is C26H22BN3O2. The van der Waals surface area contributed by atoms with Crippen LogP contribution in [0.2, 0.25) is 0 Å². The van der Waals surface area contributed by atoms with Gasteiger partial charge in [-0.2, -0.15) is 5.26 Å². The van der Waals surface area contributed by atoms with Crippen LogP contribution in [0.1, 0.15) is 33.3 Å². The summed E-state index contributed by atoms with van der Waals surface area (Å²) in [4.78, 5) is 3.61. The standard InChI is InChI=1S/C26H22BN3O2/c1-25(2)26(3,4)32-27(31-25)21-14-17(16-28)10-12-24(21)30-22-9-7-6-8-19(22)20-15-18(29-5)11-13-23(20)30/h6-15H,1-4H3.